The van der Waals surface area contributed by atoms with E-state index in [1.165, 1.54) is 6.08 Å². The SMILES string of the molecule is C=C(C)C(=O)OCC1CO1.C=CC(=O)OC1=CCC1. The highest BCUT2D eigenvalue weighted by Gasteiger charge is 2.24. The molecule has 5 nitrogen and oxygen atoms in total. The first-order chi connectivity index (χ1) is 9.02. The summed E-state index contributed by atoms with van der Waals surface area (Å²) in [6, 6.07) is 0. The molecule has 2 aliphatic rings. The van der Waals surface area contributed by atoms with E-state index in [2.05, 4.69) is 13.2 Å². The molecule has 1 aliphatic heterocycles. The van der Waals surface area contributed by atoms with Crippen molar-refractivity contribution in [2.45, 2.75) is 25.9 Å². The lowest BCUT2D eigenvalue weighted by Crippen LogP contribution is -2.09. The minimum Gasteiger partial charge on any atom is -0.459 e. The lowest BCUT2D eigenvalue weighted by Gasteiger charge is -2.11. The normalized spacial score (nSPS) is 18.8. The fourth-order valence-corrected chi connectivity index (χ4v) is 0.982. The number of carbonyl (C=O) groups excluding carboxylic acids is 2. The molecule has 1 unspecified atom stereocenters. The Morgan fingerprint density at radius 2 is 2.21 bits per heavy atom. The minimum absolute atomic E-state index is 0.142. The van der Waals surface area contributed by atoms with Crippen LogP contribution in [-0.4, -0.2) is 31.3 Å². The number of hydrogen-bond donors (Lipinski definition) is 0. The Balaban J connectivity index is 0.000000191. The molecule has 0 N–H and O–H groups in total. The van der Waals surface area contributed by atoms with Crippen LogP contribution < -0.4 is 0 Å². The third kappa shape index (κ3) is 6.57. The summed E-state index contributed by atoms with van der Waals surface area (Å²) in [6.45, 7) is 9.41. The maximum absolute atomic E-state index is 10.7. The van der Waals surface area contributed by atoms with E-state index in [9.17, 15) is 9.59 Å². The number of ether oxygens (including phenoxy) is 3. The van der Waals surface area contributed by atoms with Gasteiger partial charge in [0.15, 0.2) is 0 Å². The van der Waals surface area contributed by atoms with Crippen LogP contribution in [0.1, 0.15) is 19.8 Å². The Bertz CT molecular complexity index is 404. The van der Waals surface area contributed by atoms with Crippen LogP contribution in [0.4, 0.5) is 0 Å². The molecule has 2 rings (SSSR count). The fraction of sp³-hybridized carbons (Fsp3) is 0.429. The molecule has 104 valence electrons. The van der Waals surface area contributed by atoms with Crippen molar-refractivity contribution in [3.63, 3.8) is 0 Å². The molecule has 0 bridgehead atoms. The molecular formula is C14H18O5. The first-order valence-electron chi connectivity index (χ1n) is 6.00. The summed E-state index contributed by atoms with van der Waals surface area (Å²) < 4.78 is 14.3. The Morgan fingerprint density at radius 3 is 2.58 bits per heavy atom. The average Bonchev–Trinajstić information content (AvgIpc) is 3.15. The summed E-state index contributed by atoms with van der Waals surface area (Å²) in [7, 11) is 0. The van der Waals surface area contributed by atoms with Gasteiger partial charge in [-0.3, -0.25) is 0 Å². The summed E-state index contributed by atoms with van der Waals surface area (Å²) >= 11 is 0. The van der Waals surface area contributed by atoms with Crippen LogP contribution in [-0.2, 0) is 23.8 Å². The van der Waals surface area contributed by atoms with Gasteiger partial charge in [-0.2, -0.15) is 0 Å². The number of esters is 2. The zero-order valence-corrected chi connectivity index (χ0v) is 11.0. The summed E-state index contributed by atoms with van der Waals surface area (Å²) in [5.74, 6) is 0.0800. The molecule has 1 heterocycles. The molecule has 0 amide bonds. The zero-order chi connectivity index (χ0) is 14.3. The molecule has 0 aromatic heterocycles. The molecule has 0 aromatic carbocycles. The van der Waals surface area contributed by atoms with E-state index >= 15 is 0 Å². The Morgan fingerprint density at radius 1 is 1.58 bits per heavy atom. The molecule has 0 radical (unpaired) electrons. The van der Waals surface area contributed by atoms with Crippen LogP contribution in [0.15, 0.2) is 36.6 Å². The Kier molecular flexibility index (Phi) is 6.02. The van der Waals surface area contributed by atoms with Gasteiger partial charge < -0.3 is 14.2 Å². The number of allylic oxidation sites excluding steroid dienone is 2. The number of epoxide rings is 1. The van der Waals surface area contributed by atoms with E-state index in [-0.39, 0.29) is 18.0 Å². The first kappa shape index (κ1) is 15.2. The van der Waals surface area contributed by atoms with Gasteiger partial charge in [-0.25, -0.2) is 9.59 Å². The molecule has 5 heteroatoms. The molecule has 0 saturated carbocycles. The van der Waals surface area contributed by atoms with Crippen LogP contribution in [0.25, 0.3) is 0 Å². The standard InChI is InChI=1S/C7H10O3.C7H8O2/c1-5(2)7(8)10-4-6-3-9-6;1-2-7(8)9-6-4-3-5-6/h6H,1,3-4H2,2H3;2,4H,1,3,5H2. The highest BCUT2D eigenvalue weighted by atomic mass is 16.6. The maximum atomic E-state index is 10.7. The second-order valence-corrected chi connectivity index (χ2v) is 4.17. The second-order valence-electron chi connectivity index (χ2n) is 4.17. The van der Waals surface area contributed by atoms with Crippen molar-refractivity contribution >= 4 is 11.9 Å². The lowest BCUT2D eigenvalue weighted by atomic mass is 10.1. The maximum Gasteiger partial charge on any atom is 0.335 e. The van der Waals surface area contributed by atoms with Crippen molar-refractivity contribution < 1.29 is 23.8 Å². The molecule has 19 heavy (non-hydrogen) atoms. The largest absolute Gasteiger partial charge is 0.459 e. The number of rotatable bonds is 5. The Labute approximate surface area is 112 Å². The van der Waals surface area contributed by atoms with Crippen LogP contribution >= 0.6 is 0 Å². The zero-order valence-electron chi connectivity index (χ0n) is 11.0. The summed E-state index contributed by atoms with van der Waals surface area (Å²) in [4.78, 5) is 21.1. The summed E-state index contributed by atoms with van der Waals surface area (Å²) in [5.41, 5.74) is 0.431. The predicted octanol–water partition coefficient (Wildman–Crippen LogP) is 1.90. The fourth-order valence-electron chi connectivity index (χ4n) is 0.982. The van der Waals surface area contributed by atoms with E-state index < -0.39 is 0 Å². The number of hydrogen-bond acceptors (Lipinski definition) is 5. The van der Waals surface area contributed by atoms with Gasteiger partial charge in [0.1, 0.15) is 18.5 Å². The first-order valence-corrected chi connectivity index (χ1v) is 6.00. The van der Waals surface area contributed by atoms with Crippen molar-refractivity contribution in [1.82, 2.24) is 0 Å². The smallest absolute Gasteiger partial charge is 0.335 e. The van der Waals surface area contributed by atoms with Gasteiger partial charge in [0.2, 0.25) is 0 Å². The summed E-state index contributed by atoms with van der Waals surface area (Å²) in [6.07, 6.45) is 5.11. The van der Waals surface area contributed by atoms with Crippen LogP contribution in [0.3, 0.4) is 0 Å². The quantitative estimate of drug-likeness (QED) is 0.432. The van der Waals surface area contributed by atoms with Gasteiger partial charge in [-0.1, -0.05) is 13.2 Å². The highest BCUT2D eigenvalue weighted by molar-refractivity contribution is 5.86. The van der Waals surface area contributed by atoms with Gasteiger partial charge in [0, 0.05) is 18.1 Å². The molecule has 1 saturated heterocycles. The predicted molar refractivity (Wildman–Crippen MR) is 69.1 cm³/mol. The van der Waals surface area contributed by atoms with Crippen molar-refractivity contribution in [1.29, 1.82) is 0 Å². The van der Waals surface area contributed by atoms with E-state index in [0.29, 0.717) is 18.8 Å². The van der Waals surface area contributed by atoms with Crippen molar-refractivity contribution in [3.8, 4) is 0 Å². The highest BCUT2D eigenvalue weighted by Crippen LogP contribution is 2.18. The van der Waals surface area contributed by atoms with Crippen LogP contribution in [0.2, 0.25) is 0 Å². The van der Waals surface area contributed by atoms with Crippen molar-refractivity contribution in [2.75, 3.05) is 13.2 Å². The topological polar surface area (TPSA) is 65.1 Å². The van der Waals surface area contributed by atoms with Gasteiger partial charge in [-0.15, -0.1) is 0 Å². The average molecular weight is 266 g/mol. The van der Waals surface area contributed by atoms with Crippen molar-refractivity contribution in [3.05, 3.63) is 36.6 Å². The van der Waals surface area contributed by atoms with Crippen LogP contribution in [0.5, 0.6) is 0 Å². The molecule has 1 atom stereocenters. The molecule has 1 aliphatic carbocycles. The monoisotopic (exact) mass is 266 g/mol. The van der Waals surface area contributed by atoms with E-state index in [1.807, 2.05) is 6.08 Å². The van der Waals surface area contributed by atoms with Gasteiger partial charge in [0.25, 0.3) is 0 Å². The van der Waals surface area contributed by atoms with Crippen molar-refractivity contribution in [2.24, 2.45) is 0 Å². The second kappa shape index (κ2) is 7.53. The van der Waals surface area contributed by atoms with E-state index in [4.69, 9.17) is 14.2 Å². The third-order valence-electron chi connectivity index (χ3n) is 2.31. The van der Waals surface area contributed by atoms with E-state index in [0.717, 1.165) is 18.6 Å². The molecular weight excluding hydrogens is 248 g/mol. The van der Waals surface area contributed by atoms with Crippen LogP contribution in [0, 0.1) is 0 Å². The lowest BCUT2D eigenvalue weighted by molar-refractivity contribution is -0.139. The number of carbonyl (C=O) groups is 2. The minimum atomic E-state index is -0.360. The van der Waals surface area contributed by atoms with Gasteiger partial charge in [0.05, 0.1) is 6.61 Å². The van der Waals surface area contributed by atoms with Gasteiger partial charge in [-0.05, 0) is 19.4 Å². The Hall–Kier alpha value is -1.88. The van der Waals surface area contributed by atoms with E-state index in [1.54, 1.807) is 6.92 Å². The van der Waals surface area contributed by atoms with Gasteiger partial charge >= 0.3 is 11.9 Å². The summed E-state index contributed by atoms with van der Waals surface area (Å²) in [5, 5.41) is 0. The third-order valence-corrected chi connectivity index (χ3v) is 2.31. The molecule has 0 spiro atoms. The molecule has 0 aromatic rings. The molecule has 1 fully saturated rings.